The fourth-order valence-electron chi connectivity index (χ4n) is 0.854. The van der Waals surface area contributed by atoms with Gasteiger partial charge in [0.15, 0.2) is 5.83 Å². The van der Waals surface area contributed by atoms with E-state index in [1.165, 1.54) is 12.1 Å². The minimum absolute atomic E-state index is 0.264. The average Bonchev–Trinajstić information content (AvgIpc) is 2.08. The smallest absolute Gasteiger partial charge is 0.289 e. The number of nitrogens with two attached hydrogens (primary N) is 1. The van der Waals surface area contributed by atoms with E-state index < -0.39 is 12.3 Å². The number of halogens is 3. The van der Waals surface area contributed by atoms with Gasteiger partial charge in [0.1, 0.15) is 0 Å². The number of benzene rings is 1. The maximum Gasteiger partial charge on any atom is 0.289 e. The number of para-hydroxylation sites is 1. The van der Waals surface area contributed by atoms with Crippen molar-refractivity contribution in [1.29, 1.82) is 0 Å². The molecule has 0 heterocycles. The van der Waals surface area contributed by atoms with Gasteiger partial charge in [0.25, 0.3) is 6.43 Å². The molecule has 0 saturated carbocycles. The third-order valence-electron chi connectivity index (χ3n) is 1.50. The molecule has 1 aromatic rings. The SMILES string of the molecule is Nc1ccccc1/C=C(\F)C(F)F. The first-order valence-electron chi connectivity index (χ1n) is 3.61. The van der Waals surface area contributed by atoms with Crippen LogP contribution in [0.25, 0.3) is 6.08 Å². The number of hydrogen-bond donors (Lipinski definition) is 1. The lowest BCUT2D eigenvalue weighted by atomic mass is 10.1. The Labute approximate surface area is 73.7 Å². The first-order chi connectivity index (χ1) is 6.11. The van der Waals surface area contributed by atoms with Crippen LogP contribution in [0.5, 0.6) is 0 Å². The van der Waals surface area contributed by atoms with Crippen molar-refractivity contribution in [2.45, 2.75) is 6.43 Å². The average molecular weight is 187 g/mol. The highest BCUT2D eigenvalue weighted by Gasteiger charge is 2.09. The number of anilines is 1. The van der Waals surface area contributed by atoms with Crippen molar-refractivity contribution >= 4 is 11.8 Å². The zero-order chi connectivity index (χ0) is 9.84. The molecule has 13 heavy (non-hydrogen) atoms. The lowest BCUT2D eigenvalue weighted by Gasteiger charge is -1.99. The second kappa shape index (κ2) is 3.98. The Morgan fingerprint density at radius 3 is 2.46 bits per heavy atom. The van der Waals surface area contributed by atoms with Gasteiger partial charge in [-0.2, -0.15) is 0 Å². The van der Waals surface area contributed by atoms with E-state index in [1.807, 2.05) is 0 Å². The summed E-state index contributed by atoms with van der Waals surface area (Å²) in [5.74, 6) is -1.47. The van der Waals surface area contributed by atoms with Gasteiger partial charge in [-0.25, -0.2) is 13.2 Å². The summed E-state index contributed by atoms with van der Waals surface area (Å²) in [6, 6.07) is 6.23. The molecule has 0 aliphatic heterocycles. The molecule has 0 aliphatic carbocycles. The Bertz CT molecular complexity index is 320. The van der Waals surface area contributed by atoms with Crippen molar-refractivity contribution in [1.82, 2.24) is 0 Å². The molecular formula is C9H8F3N. The largest absolute Gasteiger partial charge is 0.398 e. The van der Waals surface area contributed by atoms with Crippen molar-refractivity contribution in [3.05, 3.63) is 35.7 Å². The Morgan fingerprint density at radius 2 is 1.92 bits per heavy atom. The molecule has 1 rings (SSSR count). The van der Waals surface area contributed by atoms with E-state index in [1.54, 1.807) is 12.1 Å². The van der Waals surface area contributed by atoms with E-state index in [9.17, 15) is 13.2 Å². The molecule has 0 bridgehead atoms. The Hall–Kier alpha value is -1.45. The minimum Gasteiger partial charge on any atom is -0.398 e. The van der Waals surface area contributed by atoms with Crippen LogP contribution in [-0.4, -0.2) is 6.43 Å². The number of hydrogen-bond acceptors (Lipinski definition) is 1. The molecule has 0 aliphatic rings. The lowest BCUT2D eigenvalue weighted by Crippen LogP contribution is -1.92. The van der Waals surface area contributed by atoms with Crippen molar-refractivity contribution < 1.29 is 13.2 Å². The van der Waals surface area contributed by atoms with Gasteiger partial charge in [0, 0.05) is 11.3 Å². The second-order valence-electron chi connectivity index (χ2n) is 2.46. The van der Waals surface area contributed by atoms with E-state index in [0.29, 0.717) is 0 Å². The summed E-state index contributed by atoms with van der Waals surface area (Å²) in [5.41, 5.74) is 5.95. The molecule has 0 unspecified atom stereocenters. The summed E-state index contributed by atoms with van der Waals surface area (Å²) in [4.78, 5) is 0. The van der Waals surface area contributed by atoms with Gasteiger partial charge < -0.3 is 5.73 Å². The zero-order valence-corrected chi connectivity index (χ0v) is 6.68. The third-order valence-corrected chi connectivity index (χ3v) is 1.50. The quantitative estimate of drug-likeness (QED) is 0.708. The summed E-state index contributed by atoms with van der Waals surface area (Å²) in [6.07, 6.45) is -2.35. The number of alkyl halides is 2. The topological polar surface area (TPSA) is 26.0 Å². The minimum atomic E-state index is -3.08. The van der Waals surface area contributed by atoms with Gasteiger partial charge in [-0.15, -0.1) is 0 Å². The van der Waals surface area contributed by atoms with Crippen LogP contribution < -0.4 is 5.73 Å². The van der Waals surface area contributed by atoms with Crippen molar-refractivity contribution in [2.24, 2.45) is 0 Å². The molecular weight excluding hydrogens is 179 g/mol. The maximum atomic E-state index is 12.4. The molecule has 0 radical (unpaired) electrons. The van der Waals surface area contributed by atoms with Gasteiger partial charge in [-0.05, 0) is 12.1 Å². The van der Waals surface area contributed by atoms with Crippen LogP contribution in [0.2, 0.25) is 0 Å². The van der Waals surface area contributed by atoms with E-state index in [-0.39, 0.29) is 11.3 Å². The number of nitrogen functional groups attached to an aromatic ring is 1. The van der Waals surface area contributed by atoms with Crippen molar-refractivity contribution in [3.63, 3.8) is 0 Å². The van der Waals surface area contributed by atoms with Crippen LogP contribution in [0, 0.1) is 0 Å². The molecule has 2 N–H and O–H groups in total. The van der Waals surface area contributed by atoms with E-state index in [2.05, 4.69) is 0 Å². The van der Waals surface area contributed by atoms with Crippen LogP contribution >= 0.6 is 0 Å². The van der Waals surface area contributed by atoms with Gasteiger partial charge in [-0.3, -0.25) is 0 Å². The third kappa shape index (κ3) is 2.50. The normalized spacial score (nSPS) is 12.2. The molecule has 0 fully saturated rings. The maximum absolute atomic E-state index is 12.4. The van der Waals surface area contributed by atoms with E-state index >= 15 is 0 Å². The van der Waals surface area contributed by atoms with Gasteiger partial charge >= 0.3 is 0 Å². The summed E-state index contributed by atoms with van der Waals surface area (Å²) in [5, 5.41) is 0. The second-order valence-corrected chi connectivity index (χ2v) is 2.46. The predicted molar refractivity (Wildman–Crippen MR) is 45.9 cm³/mol. The monoisotopic (exact) mass is 187 g/mol. The Balaban J connectivity index is 2.97. The van der Waals surface area contributed by atoms with Gasteiger partial charge in [0.2, 0.25) is 0 Å². The van der Waals surface area contributed by atoms with Crippen molar-refractivity contribution in [3.8, 4) is 0 Å². The van der Waals surface area contributed by atoms with E-state index in [4.69, 9.17) is 5.73 Å². The highest BCUT2D eigenvalue weighted by atomic mass is 19.3. The van der Waals surface area contributed by atoms with Crippen LogP contribution in [0.3, 0.4) is 0 Å². The van der Waals surface area contributed by atoms with Crippen LogP contribution in [-0.2, 0) is 0 Å². The first kappa shape index (κ1) is 9.64. The Morgan fingerprint density at radius 1 is 1.31 bits per heavy atom. The van der Waals surface area contributed by atoms with Crippen LogP contribution in [0.1, 0.15) is 5.56 Å². The van der Waals surface area contributed by atoms with Crippen molar-refractivity contribution in [2.75, 3.05) is 5.73 Å². The Kier molecular flexibility index (Phi) is 2.95. The molecule has 0 atom stereocenters. The molecule has 0 amide bonds. The summed E-state index contributed by atoms with van der Waals surface area (Å²) in [7, 11) is 0. The predicted octanol–water partition coefficient (Wildman–Crippen LogP) is 2.84. The zero-order valence-electron chi connectivity index (χ0n) is 6.68. The highest BCUT2D eigenvalue weighted by molar-refractivity contribution is 5.65. The van der Waals surface area contributed by atoms with Gasteiger partial charge in [0.05, 0.1) is 0 Å². The fraction of sp³-hybridized carbons (Fsp3) is 0.111. The molecule has 0 aromatic heterocycles. The highest BCUT2D eigenvalue weighted by Crippen LogP contribution is 2.18. The molecule has 4 heteroatoms. The standard InChI is InChI=1S/C9H8F3N/c10-7(9(11)12)5-6-3-1-2-4-8(6)13/h1-5,9H,13H2/b7-5-. The van der Waals surface area contributed by atoms with E-state index in [0.717, 1.165) is 6.08 Å². The summed E-state index contributed by atoms with van der Waals surface area (Å²) >= 11 is 0. The molecule has 0 spiro atoms. The molecule has 0 saturated heterocycles. The van der Waals surface area contributed by atoms with Crippen LogP contribution in [0.4, 0.5) is 18.9 Å². The molecule has 1 nitrogen and oxygen atoms in total. The van der Waals surface area contributed by atoms with Gasteiger partial charge in [-0.1, -0.05) is 18.2 Å². The van der Waals surface area contributed by atoms with Crippen LogP contribution in [0.15, 0.2) is 30.1 Å². The number of allylic oxidation sites excluding steroid dienone is 1. The summed E-state index contributed by atoms with van der Waals surface area (Å²) in [6.45, 7) is 0. The summed E-state index contributed by atoms with van der Waals surface area (Å²) < 4.78 is 36.0. The number of rotatable bonds is 2. The fourth-order valence-corrected chi connectivity index (χ4v) is 0.854. The molecule has 1 aromatic carbocycles. The molecule has 70 valence electrons. The lowest BCUT2D eigenvalue weighted by molar-refractivity contribution is 0.161. The first-order valence-corrected chi connectivity index (χ1v) is 3.61.